The molecule has 0 aliphatic carbocycles. The highest BCUT2D eigenvalue weighted by Gasteiger charge is 2.69. The molecule has 8 atom stereocenters. The van der Waals surface area contributed by atoms with Gasteiger partial charge in [-0.2, -0.15) is 0 Å². The molecule has 2 rings (SSSR count). The summed E-state index contributed by atoms with van der Waals surface area (Å²) in [5, 5.41) is 0. The summed E-state index contributed by atoms with van der Waals surface area (Å²) in [5.41, 5.74) is -1.04. The average molecular weight is 493 g/mol. The van der Waals surface area contributed by atoms with Crippen molar-refractivity contribution in [1.82, 2.24) is 0 Å². The van der Waals surface area contributed by atoms with E-state index in [0.29, 0.717) is 11.8 Å². The van der Waals surface area contributed by atoms with E-state index >= 15 is 0 Å². The van der Waals surface area contributed by atoms with Gasteiger partial charge in [-0.1, -0.05) is 61.2 Å². The first kappa shape index (κ1) is 27.9. The summed E-state index contributed by atoms with van der Waals surface area (Å²) in [7, 11) is -3.99. The van der Waals surface area contributed by atoms with Gasteiger partial charge >= 0.3 is 32.9 Å². The molecule has 2 saturated heterocycles. The maximum atomic E-state index is 6.83. The Hall–Kier alpha value is 0.686. The Labute approximate surface area is 197 Å². The molecule has 0 radical (unpaired) electrons. The van der Waals surface area contributed by atoms with Crippen LogP contribution in [-0.4, -0.2) is 58.3 Å². The monoisotopic (exact) mass is 492 g/mol. The van der Waals surface area contributed by atoms with Crippen molar-refractivity contribution in [3.8, 4) is 0 Å². The number of hydrogen-bond donors (Lipinski definition) is 0. The Balaban J connectivity index is 2.75. The van der Waals surface area contributed by atoms with Gasteiger partial charge in [0.1, 0.15) is 0 Å². The van der Waals surface area contributed by atoms with Gasteiger partial charge in [0.25, 0.3) is 0 Å². The predicted molar refractivity (Wildman–Crippen MR) is 126 cm³/mol. The van der Waals surface area contributed by atoms with Crippen molar-refractivity contribution < 1.29 is 28.8 Å². The van der Waals surface area contributed by atoms with Gasteiger partial charge in [0.2, 0.25) is 0 Å². The number of rotatable bonds is 4. The summed E-state index contributed by atoms with van der Waals surface area (Å²) < 4.78 is 44.6. The minimum atomic E-state index is -3.59. The van der Waals surface area contributed by atoms with Gasteiger partial charge < -0.3 is 28.8 Å². The Bertz CT molecular complexity index is 579. The van der Waals surface area contributed by atoms with Crippen molar-refractivity contribution in [1.29, 1.82) is 0 Å². The van der Waals surface area contributed by atoms with E-state index in [9.17, 15) is 0 Å². The highest BCUT2D eigenvalue weighted by atomic mass is 28.5. The molecular weight excluding hydrogens is 447 g/mol. The van der Waals surface area contributed by atoms with E-state index in [1.54, 1.807) is 14.2 Å². The van der Waals surface area contributed by atoms with E-state index in [1.807, 2.05) is 5.79 Å². The molecule has 2 aliphatic heterocycles. The molecule has 31 heavy (non-hydrogen) atoms. The zero-order valence-electron chi connectivity index (χ0n) is 21.9. The molecule has 0 spiro atoms. The van der Waals surface area contributed by atoms with Crippen molar-refractivity contribution >= 4 is 32.9 Å². The molecule has 2 fully saturated rings. The third-order valence-corrected chi connectivity index (χ3v) is 17.9. The summed E-state index contributed by atoms with van der Waals surface area (Å²) in [5.74, 6) is 3.57. The van der Waals surface area contributed by atoms with Gasteiger partial charge in [0.15, 0.2) is 0 Å². The van der Waals surface area contributed by atoms with E-state index in [4.69, 9.17) is 28.8 Å². The van der Waals surface area contributed by atoms with E-state index in [2.05, 4.69) is 69.2 Å². The lowest BCUT2D eigenvalue weighted by atomic mass is 9.65. The van der Waals surface area contributed by atoms with Crippen LogP contribution in [0.2, 0.25) is 5.79 Å². The molecule has 0 aromatic heterocycles. The van der Waals surface area contributed by atoms with Crippen molar-refractivity contribution in [2.45, 2.75) is 86.2 Å². The van der Waals surface area contributed by atoms with Crippen molar-refractivity contribution in [3.05, 3.63) is 0 Å². The standard InChI is InChI=1S/C20H42O7Si2.CH3.Al/c1-13(2)19(9)17(7)15(5)16(6)18(8)20(10,14(3)4)26-29(22,24-12)27-28(21,23-11)25-19;;/h13-18H,1-12H3;1H3;/q-2;;+2. The topological polar surface area (TPSA) is 64.6 Å². The van der Waals surface area contributed by atoms with Crippen LogP contribution < -0.4 is 0 Å². The first-order chi connectivity index (χ1) is 14.1. The molecule has 2 aliphatic rings. The SMILES string of the molecule is CO[Si]12[O][Al]([CH3])[O][Si](OC)(OC(C)(C(C)C)C(C)C(C)C(C)C(C)C(C)(C(C)C)O1)O2. The molecule has 182 valence electrons. The van der Waals surface area contributed by atoms with Crippen molar-refractivity contribution in [3.63, 3.8) is 0 Å². The zero-order valence-corrected chi connectivity index (χ0v) is 25.1. The quantitative estimate of drug-likeness (QED) is 0.525. The van der Waals surface area contributed by atoms with Crippen molar-refractivity contribution in [2.24, 2.45) is 35.5 Å². The number of fused-ring (bicyclic) bond motifs is 2. The number of hydrogen-bond acceptors (Lipinski definition) is 7. The second-order valence-electron chi connectivity index (χ2n) is 10.5. The third kappa shape index (κ3) is 5.05. The van der Waals surface area contributed by atoms with Crippen LogP contribution in [0.3, 0.4) is 0 Å². The molecule has 0 aromatic rings. The fourth-order valence-electron chi connectivity index (χ4n) is 4.95. The molecular formula is C21H45AlO7Si2. The summed E-state index contributed by atoms with van der Waals surface area (Å²) in [4.78, 5) is 0. The molecule has 2 heterocycles. The Morgan fingerprint density at radius 1 is 0.742 bits per heavy atom. The highest BCUT2D eigenvalue weighted by molar-refractivity contribution is 6.79. The fourth-order valence-corrected chi connectivity index (χ4v) is 15.5. The Morgan fingerprint density at radius 3 is 1.32 bits per heavy atom. The first-order valence-electron chi connectivity index (χ1n) is 11.7. The fraction of sp³-hybridized carbons (Fsp3) is 1.00. The predicted octanol–water partition coefficient (Wildman–Crippen LogP) is 4.75. The van der Waals surface area contributed by atoms with Gasteiger partial charge in [-0.3, -0.25) is 0 Å². The zero-order chi connectivity index (χ0) is 24.0. The summed E-state index contributed by atoms with van der Waals surface area (Å²) in [6.07, 6.45) is 0. The van der Waals surface area contributed by atoms with Crippen LogP contribution >= 0.6 is 0 Å². The average Bonchev–Trinajstić information content (AvgIpc) is 2.70. The molecule has 0 saturated carbocycles. The molecule has 0 N–H and O–H groups in total. The lowest BCUT2D eigenvalue weighted by Crippen LogP contribution is -2.72. The smallest absolute Gasteiger partial charge is 0.459 e. The van der Waals surface area contributed by atoms with Gasteiger partial charge in [-0.05, 0) is 49.4 Å². The molecule has 7 nitrogen and oxygen atoms in total. The first-order valence-corrected chi connectivity index (χ1v) is 17.0. The molecule has 10 heteroatoms. The van der Waals surface area contributed by atoms with E-state index in [-0.39, 0.29) is 23.7 Å². The second kappa shape index (κ2) is 9.74. The maximum Gasteiger partial charge on any atom is 0.658 e. The van der Waals surface area contributed by atoms with Crippen LogP contribution in [0.15, 0.2) is 0 Å². The van der Waals surface area contributed by atoms with Crippen LogP contribution in [0.1, 0.15) is 69.2 Å². The van der Waals surface area contributed by atoms with Crippen LogP contribution in [0.25, 0.3) is 0 Å². The van der Waals surface area contributed by atoms with Crippen LogP contribution in [-0.2, 0) is 28.8 Å². The van der Waals surface area contributed by atoms with E-state index in [0.717, 1.165) is 0 Å². The van der Waals surface area contributed by atoms with Gasteiger partial charge in [0, 0.05) is 14.2 Å². The maximum absolute atomic E-state index is 6.83. The molecule has 2 bridgehead atoms. The van der Waals surface area contributed by atoms with Crippen LogP contribution in [0, 0.1) is 35.5 Å². The second-order valence-corrected chi connectivity index (χ2v) is 17.6. The molecule has 0 aromatic carbocycles. The van der Waals surface area contributed by atoms with E-state index < -0.39 is 44.1 Å². The molecule has 0 amide bonds. The van der Waals surface area contributed by atoms with Crippen molar-refractivity contribution in [2.75, 3.05) is 14.2 Å². The lowest BCUT2D eigenvalue weighted by molar-refractivity contribution is -0.135. The summed E-state index contributed by atoms with van der Waals surface area (Å²) >= 11 is -2.20. The minimum absolute atomic E-state index is 0.218. The normalized spacial score (nSPS) is 47.5. The summed E-state index contributed by atoms with van der Waals surface area (Å²) in [6, 6.07) is 0. The minimum Gasteiger partial charge on any atom is -0.459 e. The Morgan fingerprint density at radius 2 is 1.06 bits per heavy atom. The van der Waals surface area contributed by atoms with E-state index in [1.165, 1.54) is 0 Å². The van der Waals surface area contributed by atoms with Gasteiger partial charge in [-0.25, -0.2) is 0 Å². The van der Waals surface area contributed by atoms with Gasteiger partial charge in [0.05, 0.1) is 11.2 Å². The largest absolute Gasteiger partial charge is 0.658 e. The molecule has 8 unspecified atom stereocenters. The van der Waals surface area contributed by atoms with Crippen LogP contribution in [0.4, 0.5) is 0 Å². The van der Waals surface area contributed by atoms with Crippen LogP contribution in [0.5, 0.6) is 0 Å². The van der Waals surface area contributed by atoms with Gasteiger partial charge in [-0.15, -0.1) is 0 Å². The summed E-state index contributed by atoms with van der Waals surface area (Å²) in [6.45, 7) is 22.3. The Kier molecular flexibility index (Phi) is 8.78. The lowest BCUT2D eigenvalue weighted by Gasteiger charge is -2.50. The highest BCUT2D eigenvalue weighted by Crippen LogP contribution is 2.48. The third-order valence-electron chi connectivity index (χ3n) is 8.57.